The lowest BCUT2D eigenvalue weighted by Gasteiger charge is -2.14. The third-order valence-corrected chi connectivity index (χ3v) is 3.39. The maximum atomic E-state index is 12.6. The molecule has 0 aromatic heterocycles. The summed E-state index contributed by atoms with van der Waals surface area (Å²) in [7, 11) is 1.55. The predicted molar refractivity (Wildman–Crippen MR) is 87.3 cm³/mol. The van der Waals surface area contributed by atoms with Gasteiger partial charge in [-0.3, -0.25) is 0 Å². The maximum absolute atomic E-state index is 12.6. The fourth-order valence-corrected chi connectivity index (χ4v) is 2.20. The predicted octanol–water partition coefficient (Wildman–Crippen LogP) is 4.31. The van der Waals surface area contributed by atoms with Crippen LogP contribution in [0.2, 0.25) is 0 Å². The fraction of sp³-hybridized carbons (Fsp3) is 0.294. The molecule has 2 aromatic carbocycles. The van der Waals surface area contributed by atoms with Crippen LogP contribution in [-0.4, -0.2) is 13.7 Å². The van der Waals surface area contributed by atoms with Gasteiger partial charge in [0.05, 0.1) is 30.7 Å². The number of hydrogen-bond acceptors (Lipinski definition) is 4. The molecule has 0 saturated carbocycles. The Morgan fingerprint density at radius 1 is 1.08 bits per heavy atom. The zero-order valence-corrected chi connectivity index (χ0v) is 13.4. The van der Waals surface area contributed by atoms with Gasteiger partial charge in [0.25, 0.3) is 0 Å². The van der Waals surface area contributed by atoms with E-state index in [1.165, 1.54) is 6.07 Å². The van der Waals surface area contributed by atoms with E-state index >= 15 is 0 Å². The number of nitrogens with two attached hydrogens (primary N) is 1. The fourth-order valence-electron chi connectivity index (χ4n) is 2.20. The number of anilines is 2. The van der Waals surface area contributed by atoms with Crippen LogP contribution in [0.15, 0.2) is 36.4 Å². The molecule has 4 nitrogen and oxygen atoms in total. The molecule has 0 heterocycles. The molecular weight excluding hydrogens is 321 g/mol. The highest BCUT2D eigenvalue weighted by Gasteiger charge is 2.30. The molecule has 7 heteroatoms. The quantitative estimate of drug-likeness (QED) is 0.770. The summed E-state index contributed by atoms with van der Waals surface area (Å²) in [5.41, 5.74) is 6.30. The second-order valence-electron chi connectivity index (χ2n) is 5.07. The zero-order valence-electron chi connectivity index (χ0n) is 13.4. The Bertz CT molecular complexity index is 703. The van der Waals surface area contributed by atoms with Gasteiger partial charge in [0.2, 0.25) is 0 Å². The van der Waals surface area contributed by atoms with Crippen LogP contribution < -0.4 is 20.5 Å². The molecule has 0 atom stereocenters. The Labute approximate surface area is 138 Å². The molecule has 130 valence electrons. The topological polar surface area (TPSA) is 56.5 Å². The molecule has 24 heavy (non-hydrogen) atoms. The molecule has 0 aliphatic heterocycles. The number of ether oxygens (including phenoxy) is 2. The van der Waals surface area contributed by atoms with Gasteiger partial charge in [0.15, 0.2) is 11.5 Å². The van der Waals surface area contributed by atoms with Crippen molar-refractivity contribution in [3.05, 3.63) is 47.5 Å². The molecule has 0 amide bonds. The molecular formula is C17H19F3N2O2. The van der Waals surface area contributed by atoms with Gasteiger partial charge < -0.3 is 20.5 Å². The van der Waals surface area contributed by atoms with Crippen LogP contribution in [0.1, 0.15) is 18.1 Å². The molecule has 0 spiro atoms. The summed E-state index contributed by atoms with van der Waals surface area (Å²) in [6.07, 6.45) is -4.41. The summed E-state index contributed by atoms with van der Waals surface area (Å²) < 4.78 is 48.6. The Balaban J connectivity index is 2.12. The minimum Gasteiger partial charge on any atom is -0.493 e. The largest absolute Gasteiger partial charge is 0.493 e. The van der Waals surface area contributed by atoms with Crippen molar-refractivity contribution < 1.29 is 22.6 Å². The van der Waals surface area contributed by atoms with Crippen LogP contribution in [0.25, 0.3) is 0 Å². The number of nitrogens with one attached hydrogen (secondary N) is 1. The van der Waals surface area contributed by atoms with Crippen molar-refractivity contribution in [2.45, 2.75) is 19.6 Å². The molecule has 0 aliphatic carbocycles. The summed E-state index contributed by atoms with van der Waals surface area (Å²) in [5.74, 6) is 1.23. The number of alkyl halides is 3. The third kappa shape index (κ3) is 4.24. The second-order valence-corrected chi connectivity index (χ2v) is 5.07. The van der Waals surface area contributed by atoms with Gasteiger partial charge in [0, 0.05) is 6.54 Å². The van der Waals surface area contributed by atoms with Crippen LogP contribution in [-0.2, 0) is 12.7 Å². The first-order valence-electron chi connectivity index (χ1n) is 7.35. The van der Waals surface area contributed by atoms with Gasteiger partial charge in [-0.05, 0) is 42.8 Å². The average molecular weight is 340 g/mol. The number of rotatable bonds is 6. The Kier molecular flexibility index (Phi) is 5.43. The average Bonchev–Trinajstić information content (AvgIpc) is 2.53. The van der Waals surface area contributed by atoms with Gasteiger partial charge in [0.1, 0.15) is 0 Å². The van der Waals surface area contributed by atoms with Crippen molar-refractivity contribution in [2.75, 3.05) is 24.8 Å². The second kappa shape index (κ2) is 7.33. The van der Waals surface area contributed by atoms with E-state index in [0.717, 1.165) is 17.7 Å². The van der Waals surface area contributed by atoms with Crippen molar-refractivity contribution in [1.82, 2.24) is 0 Å². The number of hydrogen-bond donors (Lipinski definition) is 2. The lowest BCUT2D eigenvalue weighted by Crippen LogP contribution is -2.08. The first-order chi connectivity index (χ1) is 11.3. The molecule has 0 radical (unpaired) electrons. The van der Waals surface area contributed by atoms with E-state index in [2.05, 4.69) is 5.32 Å². The highest BCUT2D eigenvalue weighted by molar-refractivity contribution is 5.67. The number of methoxy groups -OCH3 is 1. The molecule has 0 bridgehead atoms. The molecule has 0 fully saturated rings. The highest BCUT2D eigenvalue weighted by Crippen LogP contribution is 2.33. The highest BCUT2D eigenvalue weighted by atomic mass is 19.4. The third-order valence-electron chi connectivity index (χ3n) is 3.39. The van der Waals surface area contributed by atoms with Gasteiger partial charge in [-0.15, -0.1) is 0 Å². The Hall–Kier alpha value is -2.57. The van der Waals surface area contributed by atoms with Crippen LogP contribution in [0.4, 0.5) is 24.5 Å². The molecule has 3 N–H and O–H groups in total. The first-order valence-corrected chi connectivity index (χ1v) is 7.35. The minimum atomic E-state index is -4.41. The summed E-state index contributed by atoms with van der Waals surface area (Å²) in [6, 6.07) is 8.67. The SMILES string of the molecule is CCOc1cc(CNc2ccc(C(F)(F)F)cc2N)ccc1OC. The molecule has 2 aromatic rings. The van der Waals surface area contributed by atoms with E-state index < -0.39 is 11.7 Å². The van der Waals surface area contributed by atoms with Crippen molar-refractivity contribution in [3.63, 3.8) is 0 Å². The molecule has 0 unspecified atom stereocenters. The van der Waals surface area contributed by atoms with Gasteiger partial charge in [-0.1, -0.05) is 6.07 Å². The molecule has 0 aliphatic rings. The smallest absolute Gasteiger partial charge is 0.416 e. The number of benzene rings is 2. The van der Waals surface area contributed by atoms with Gasteiger partial charge in [-0.2, -0.15) is 13.2 Å². The van der Waals surface area contributed by atoms with Crippen LogP contribution >= 0.6 is 0 Å². The van der Waals surface area contributed by atoms with E-state index in [9.17, 15) is 13.2 Å². The summed E-state index contributed by atoms with van der Waals surface area (Å²) >= 11 is 0. The minimum absolute atomic E-state index is 0.0448. The monoisotopic (exact) mass is 340 g/mol. The number of halogens is 3. The summed E-state index contributed by atoms with van der Waals surface area (Å²) in [5, 5.41) is 3.03. The van der Waals surface area contributed by atoms with Gasteiger partial charge in [-0.25, -0.2) is 0 Å². The van der Waals surface area contributed by atoms with Crippen LogP contribution in [0.5, 0.6) is 11.5 Å². The van der Waals surface area contributed by atoms with E-state index in [-0.39, 0.29) is 5.69 Å². The normalized spacial score (nSPS) is 11.2. The van der Waals surface area contributed by atoms with Crippen molar-refractivity contribution in [1.29, 1.82) is 0 Å². The first kappa shape index (κ1) is 17.8. The van der Waals surface area contributed by atoms with E-state index in [1.54, 1.807) is 13.2 Å². The van der Waals surface area contributed by atoms with E-state index in [1.807, 2.05) is 19.1 Å². The maximum Gasteiger partial charge on any atom is 0.416 e. The zero-order chi connectivity index (χ0) is 17.7. The van der Waals surface area contributed by atoms with Crippen LogP contribution in [0.3, 0.4) is 0 Å². The molecule has 0 saturated heterocycles. The Morgan fingerprint density at radius 3 is 2.42 bits per heavy atom. The van der Waals surface area contributed by atoms with Crippen molar-refractivity contribution >= 4 is 11.4 Å². The van der Waals surface area contributed by atoms with Crippen LogP contribution in [0, 0.1) is 0 Å². The summed E-state index contributed by atoms with van der Waals surface area (Å²) in [4.78, 5) is 0. The van der Waals surface area contributed by atoms with E-state index in [0.29, 0.717) is 30.3 Å². The molecule has 2 rings (SSSR count). The standard InChI is InChI=1S/C17H19F3N2O2/c1-3-24-16-8-11(4-7-15(16)23-2)10-22-14-6-5-12(9-13(14)21)17(18,19)20/h4-9,22H,3,10,21H2,1-2H3. The van der Waals surface area contributed by atoms with Crippen molar-refractivity contribution in [3.8, 4) is 11.5 Å². The lowest BCUT2D eigenvalue weighted by molar-refractivity contribution is -0.137. The van der Waals surface area contributed by atoms with E-state index in [4.69, 9.17) is 15.2 Å². The van der Waals surface area contributed by atoms with Gasteiger partial charge >= 0.3 is 6.18 Å². The Morgan fingerprint density at radius 2 is 1.83 bits per heavy atom. The van der Waals surface area contributed by atoms with Crippen molar-refractivity contribution in [2.24, 2.45) is 0 Å². The summed E-state index contributed by atoms with van der Waals surface area (Å²) in [6.45, 7) is 2.76. The number of nitrogen functional groups attached to an aromatic ring is 1. The lowest BCUT2D eigenvalue weighted by atomic mass is 10.1.